The molecule has 0 unspecified atom stereocenters. The Labute approximate surface area is 138 Å². The van der Waals surface area contributed by atoms with Crippen LogP contribution < -0.4 is 5.73 Å². The van der Waals surface area contributed by atoms with Crippen molar-refractivity contribution in [2.24, 2.45) is 5.92 Å². The molecule has 2 aromatic rings. The minimum absolute atomic E-state index is 0.269. The van der Waals surface area contributed by atoms with Crippen molar-refractivity contribution in [2.75, 3.05) is 13.1 Å². The van der Waals surface area contributed by atoms with E-state index in [0.29, 0.717) is 12.3 Å². The third-order valence-electron chi connectivity index (χ3n) is 4.72. The van der Waals surface area contributed by atoms with Crippen LogP contribution in [0.3, 0.4) is 0 Å². The summed E-state index contributed by atoms with van der Waals surface area (Å²) < 4.78 is 0. The molecule has 2 aromatic carbocycles. The number of hydrogen-bond acceptors (Lipinski definition) is 2. The molecule has 3 rings (SSSR count). The summed E-state index contributed by atoms with van der Waals surface area (Å²) in [4.78, 5) is 13.5. The molecule has 0 aromatic heterocycles. The highest BCUT2D eigenvalue weighted by Crippen LogP contribution is 2.32. The van der Waals surface area contributed by atoms with E-state index in [4.69, 9.17) is 5.73 Å². The first-order chi connectivity index (χ1) is 11.2. The summed E-state index contributed by atoms with van der Waals surface area (Å²) in [5.41, 5.74) is 9.79. The number of nitrogens with zero attached hydrogens (tertiary/aromatic N) is 1. The first-order valence-electron chi connectivity index (χ1n) is 8.32. The van der Waals surface area contributed by atoms with E-state index in [-0.39, 0.29) is 6.04 Å². The third-order valence-corrected chi connectivity index (χ3v) is 4.72. The molecule has 0 bridgehead atoms. The van der Waals surface area contributed by atoms with Gasteiger partial charge in [-0.3, -0.25) is 15.4 Å². The van der Waals surface area contributed by atoms with E-state index in [1.54, 1.807) is 0 Å². The van der Waals surface area contributed by atoms with Crippen molar-refractivity contribution in [1.82, 2.24) is 10.6 Å². The van der Waals surface area contributed by atoms with E-state index < -0.39 is 5.91 Å². The second-order valence-corrected chi connectivity index (χ2v) is 6.33. The van der Waals surface area contributed by atoms with E-state index >= 15 is 0 Å². The number of carbonyl (C=O) groups is 1. The number of carbonyl (C=O) groups excluding carboxylic acids is 1. The molecule has 3 nitrogen and oxygen atoms in total. The standard InChI is InChI=1S/C20H23N2O/c21-19(23)15-16-11-13-22(14-12-16)20(17-7-3-1-4-8-17)18-9-5-2-6-10-18/h1-10,16,20-21H,11-15H2. The fourth-order valence-electron chi connectivity index (χ4n) is 3.56. The Morgan fingerprint density at radius 1 is 0.957 bits per heavy atom. The lowest BCUT2D eigenvalue weighted by Crippen LogP contribution is -2.37. The van der Waals surface area contributed by atoms with Crippen LogP contribution in [0.5, 0.6) is 0 Å². The Bertz CT molecular complexity index is 579. The topological polar surface area (TPSA) is 44.1 Å². The van der Waals surface area contributed by atoms with E-state index in [1.165, 1.54) is 11.1 Å². The van der Waals surface area contributed by atoms with Crippen LogP contribution in [0.1, 0.15) is 36.4 Å². The Balaban J connectivity index is 1.79. The number of nitrogens with one attached hydrogen (secondary N) is 1. The van der Waals surface area contributed by atoms with Crippen molar-refractivity contribution in [3.8, 4) is 0 Å². The zero-order valence-corrected chi connectivity index (χ0v) is 13.3. The van der Waals surface area contributed by atoms with Crippen LogP contribution in [0.25, 0.3) is 0 Å². The van der Waals surface area contributed by atoms with Crippen LogP contribution in [0.2, 0.25) is 0 Å². The molecule has 1 fully saturated rings. The van der Waals surface area contributed by atoms with Gasteiger partial charge in [0.15, 0.2) is 0 Å². The van der Waals surface area contributed by atoms with Crippen molar-refractivity contribution >= 4 is 5.91 Å². The average Bonchev–Trinajstić information content (AvgIpc) is 2.58. The highest BCUT2D eigenvalue weighted by Gasteiger charge is 2.27. The second kappa shape index (κ2) is 7.42. The lowest BCUT2D eigenvalue weighted by molar-refractivity contribution is -0.119. The van der Waals surface area contributed by atoms with Crippen LogP contribution in [0, 0.1) is 5.92 Å². The molecule has 0 saturated carbocycles. The van der Waals surface area contributed by atoms with Crippen molar-refractivity contribution in [3.05, 3.63) is 71.8 Å². The molecule has 119 valence electrons. The first kappa shape index (κ1) is 15.8. The maximum absolute atomic E-state index is 11.0. The van der Waals surface area contributed by atoms with Gasteiger partial charge in [-0.2, -0.15) is 0 Å². The van der Waals surface area contributed by atoms with Crippen LogP contribution in [0.4, 0.5) is 0 Å². The van der Waals surface area contributed by atoms with Gasteiger partial charge in [0.05, 0.1) is 6.04 Å². The van der Waals surface area contributed by atoms with Gasteiger partial charge in [0.2, 0.25) is 5.91 Å². The molecule has 1 amide bonds. The maximum Gasteiger partial charge on any atom is 0.238 e. The van der Waals surface area contributed by atoms with Crippen LogP contribution in [-0.2, 0) is 4.79 Å². The predicted molar refractivity (Wildman–Crippen MR) is 91.7 cm³/mol. The summed E-state index contributed by atoms with van der Waals surface area (Å²) in [6.45, 7) is 1.96. The molecule has 23 heavy (non-hydrogen) atoms. The van der Waals surface area contributed by atoms with Crippen LogP contribution in [0.15, 0.2) is 60.7 Å². The first-order valence-corrected chi connectivity index (χ1v) is 8.32. The lowest BCUT2D eigenvalue weighted by atomic mass is 9.89. The number of benzene rings is 2. The largest absolute Gasteiger partial charge is 0.292 e. The van der Waals surface area contributed by atoms with E-state index in [0.717, 1.165) is 25.9 Å². The molecule has 1 N–H and O–H groups in total. The Morgan fingerprint density at radius 3 is 1.87 bits per heavy atom. The van der Waals surface area contributed by atoms with Crippen molar-refractivity contribution in [3.63, 3.8) is 0 Å². The highest BCUT2D eigenvalue weighted by molar-refractivity contribution is 5.73. The minimum Gasteiger partial charge on any atom is -0.292 e. The van der Waals surface area contributed by atoms with Crippen LogP contribution in [-0.4, -0.2) is 23.9 Å². The van der Waals surface area contributed by atoms with E-state index in [9.17, 15) is 4.79 Å². The Hall–Kier alpha value is -2.13. The summed E-state index contributed by atoms with van der Waals surface area (Å²) in [5.74, 6) is -0.0467. The number of rotatable bonds is 5. The van der Waals surface area contributed by atoms with Gasteiger partial charge >= 0.3 is 0 Å². The van der Waals surface area contributed by atoms with Crippen LogP contribution >= 0.6 is 0 Å². The maximum atomic E-state index is 11.0. The summed E-state index contributed by atoms with van der Waals surface area (Å²) in [6.07, 6.45) is 2.41. The van der Waals surface area contributed by atoms with Crippen molar-refractivity contribution in [2.45, 2.75) is 25.3 Å². The lowest BCUT2D eigenvalue weighted by Gasteiger charge is -2.38. The number of amides is 1. The zero-order chi connectivity index (χ0) is 16.1. The summed E-state index contributed by atoms with van der Waals surface area (Å²) in [6, 6.07) is 21.5. The Morgan fingerprint density at radius 2 is 1.43 bits per heavy atom. The van der Waals surface area contributed by atoms with Gasteiger partial charge in [-0.25, -0.2) is 0 Å². The molecule has 1 radical (unpaired) electrons. The molecular formula is C20H23N2O. The molecule has 1 aliphatic rings. The van der Waals surface area contributed by atoms with Gasteiger partial charge < -0.3 is 0 Å². The summed E-state index contributed by atoms with van der Waals surface area (Å²) in [7, 11) is 0. The normalized spacial score (nSPS) is 16.6. The summed E-state index contributed by atoms with van der Waals surface area (Å²) in [5, 5.41) is 0. The second-order valence-electron chi connectivity index (χ2n) is 6.33. The molecule has 0 aliphatic carbocycles. The van der Waals surface area contributed by atoms with Gasteiger partial charge in [0.25, 0.3) is 0 Å². The number of piperidine rings is 1. The molecule has 1 heterocycles. The highest BCUT2D eigenvalue weighted by atomic mass is 16.1. The molecular weight excluding hydrogens is 284 g/mol. The fourth-order valence-corrected chi connectivity index (χ4v) is 3.56. The predicted octanol–water partition coefficient (Wildman–Crippen LogP) is 3.69. The van der Waals surface area contributed by atoms with E-state index in [2.05, 4.69) is 65.6 Å². The molecule has 0 atom stereocenters. The third kappa shape index (κ3) is 3.99. The van der Waals surface area contributed by atoms with Gasteiger partial charge in [0.1, 0.15) is 0 Å². The van der Waals surface area contributed by atoms with Gasteiger partial charge in [0, 0.05) is 6.42 Å². The Kier molecular flexibility index (Phi) is 5.09. The van der Waals surface area contributed by atoms with Gasteiger partial charge in [-0.15, -0.1) is 0 Å². The van der Waals surface area contributed by atoms with E-state index in [1.807, 2.05) is 0 Å². The number of hydrogen-bond donors (Lipinski definition) is 0. The SMILES string of the molecule is [NH]C(=O)CC1CCN(C(c2ccccc2)c2ccccc2)CC1. The number of likely N-dealkylation sites (tertiary alicyclic amines) is 1. The smallest absolute Gasteiger partial charge is 0.238 e. The molecule has 1 saturated heterocycles. The summed E-state index contributed by atoms with van der Waals surface area (Å²) >= 11 is 0. The monoisotopic (exact) mass is 307 g/mol. The molecule has 1 aliphatic heterocycles. The van der Waals surface area contributed by atoms with Gasteiger partial charge in [-0.1, -0.05) is 60.7 Å². The van der Waals surface area contributed by atoms with Crippen molar-refractivity contribution < 1.29 is 4.79 Å². The van der Waals surface area contributed by atoms with Gasteiger partial charge in [-0.05, 0) is 43.0 Å². The average molecular weight is 307 g/mol. The van der Waals surface area contributed by atoms with Crippen molar-refractivity contribution in [1.29, 1.82) is 0 Å². The minimum atomic E-state index is -0.425. The molecule has 0 spiro atoms. The quantitative estimate of drug-likeness (QED) is 0.845. The molecule has 3 heteroatoms. The zero-order valence-electron chi connectivity index (χ0n) is 13.3. The fraction of sp³-hybridized carbons (Fsp3) is 0.350.